The van der Waals surface area contributed by atoms with E-state index >= 15 is 0 Å². The van der Waals surface area contributed by atoms with Gasteiger partial charge in [0.2, 0.25) is 0 Å². The third kappa shape index (κ3) is 7.80. The van der Waals surface area contributed by atoms with Crippen LogP contribution in [0.5, 0.6) is 11.5 Å². The molecule has 3 aromatic carbocycles. The maximum Gasteiger partial charge on any atom is 0.534 e. The van der Waals surface area contributed by atoms with E-state index in [0.717, 1.165) is 49.5 Å². The van der Waals surface area contributed by atoms with Crippen LogP contribution in [0, 0.1) is 0 Å². The van der Waals surface area contributed by atoms with Gasteiger partial charge in [-0.05, 0) is 73.7 Å². The minimum atomic E-state index is -5.80. The highest BCUT2D eigenvalue weighted by Gasteiger charge is 2.49. The average molecular weight is 591 g/mol. The van der Waals surface area contributed by atoms with Gasteiger partial charge in [0.15, 0.2) is 11.5 Å². The predicted molar refractivity (Wildman–Crippen MR) is 150 cm³/mol. The van der Waals surface area contributed by atoms with Gasteiger partial charge in [-0.3, -0.25) is 9.69 Å². The van der Waals surface area contributed by atoms with E-state index in [9.17, 15) is 26.4 Å². The summed E-state index contributed by atoms with van der Waals surface area (Å²) < 4.78 is 71.5. The molecule has 7 nitrogen and oxygen atoms in total. The van der Waals surface area contributed by atoms with Gasteiger partial charge < -0.3 is 14.2 Å². The summed E-state index contributed by atoms with van der Waals surface area (Å²) in [5, 5.41) is 2.97. The van der Waals surface area contributed by atoms with Crippen LogP contribution < -0.4 is 14.2 Å². The maximum absolute atomic E-state index is 12.8. The number of ether oxygens (including phenoxy) is 1. The summed E-state index contributed by atoms with van der Waals surface area (Å²) >= 11 is 0. The summed E-state index contributed by atoms with van der Waals surface area (Å²) in [6.07, 6.45) is 2.97. The minimum Gasteiger partial charge on any atom is -0.488 e. The molecule has 3 aromatic rings. The third-order valence-electron chi connectivity index (χ3n) is 6.86. The van der Waals surface area contributed by atoms with Crippen molar-refractivity contribution in [3.63, 3.8) is 0 Å². The molecule has 0 aliphatic carbocycles. The Hall–Kier alpha value is -3.57. The lowest BCUT2D eigenvalue weighted by molar-refractivity contribution is -0.0501. The fraction of sp³-hybridized carbons (Fsp3) is 0.367. The molecule has 0 saturated carbocycles. The molecular formula is C30H33F3N2O5S. The first-order chi connectivity index (χ1) is 19.6. The van der Waals surface area contributed by atoms with E-state index in [2.05, 4.69) is 21.3 Å². The molecule has 1 aliphatic rings. The van der Waals surface area contributed by atoms with E-state index in [4.69, 9.17) is 4.74 Å². The van der Waals surface area contributed by atoms with Crippen molar-refractivity contribution >= 4 is 16.0 Å². The Balaban J connectivity index is 1.27. The number of amides is 1. The average Bonchev–Trinajstić information content (AvgIpc) is 2.96. The van der Waals surface area contributed by atoms with Crippen LogP contribution in [-0.2, 0) is 16.5 Å². The zero-order valence-corrected chi connectivity index (χ0v) is 23.5. The van der Waals surface area contributed by atoms with Crippen molar-refractivity contribution in [3.8, 4) is 22.6 Å². The summed E-state index contributed by atoms with van der Waals surface area (Å²) in [4.78, 5) is 14.8. The fourth-order valence-corrected chi connectivity index (χ4v) is 5.26. The van der Waals surface area contributed by atoms with Crippen molar-refractivity contribution in [3.05, 3.63) is 83.9 Å². The Morgan fingerprint density at radius 3 is 2.37 bits per heavy atom. The van der Waals surface area contributed by atoms with Crippen molar-refractivity contribution < 1.29 is 35.3 Å². The smallest absolute Gasteiger partial charge is 0.488 e. The number of nitrogens with zero attached hydrogens (tertiary/aromatic N) is 1. The molecule has 220 valence electrons. The third-order valence-corrected chi connectivity index (χ3v) is 7.82. The summed E-state index contributed by atoms with van der Waals surface area (Å²) in [5.41, 5.74) is -2.21. The van der Waals surface area contributed by atoms with Crippen LogP contribution in [0.2, 0.25) is 0 Å². The predicted octanol–water partition coefficient (Wildman–Crippen LogP) is 5.81. The number of rotatable bonds is 12. The number of fused-ring (bicyclic) bond motifs is 1. The SMILES string of the molecule is CCCN(CCCCNC(=O)c1ccc(-c2ccccc2)cc1)[C@H]1COc2c(cccc2OS(=O)(=O)C(F)(F)F)C1. The van der Waals surface area contributed by atoms with E-state index < -0.39 is 21.4 Å². The fourth-order valence-electron chi connectivity index (χ4n) is 4.80. The van der Waals surface area contributed by atoms with Crippen molar-refractivity contribution in [1.29, 1.82) is 0 Å². The van der Waals surface area contributed by atoms with Gasteiger partial charge in [-0.2, -0.15) is 21.6 Å². The van der Waals surface area contributed by atoms with Crippen LogP contribution in [0.15, 0.2) is 72.8 Å². The number of halogens is 3. The Kier molecular flexibility index (Phi) is 9.93. The van der Waals surface area contributed by atoms with Gasteiger partial charge in [-0.25, -0.2) is 0 Å². The molecular weight excluding hydrogens is 557 g/mol. The van der Waals surface area contributed by atoms with Crippen LogP contribution in [0.3, 0.4) is 0 Å². The van der Waals surface area contributed by atoms with Gasteiger partial charge in [0, 0.05) is 18.2 Å². The van der Waals surface area contributed by atoms with Gasteiger partial charge in [0.25, 0.3) is 5.91 Å². The molecule has 1 aliphatic heterocycles. The Morgan fingerprint density at radius 2 is 1.68 bits per heavy atom. The quantitative estimate of drug-likeness (QED) is 0.163. The molecule has 0 spiro atoms. The molecule has 11 heteroatoms. The topological polar surface area (TPSA) is 84.9 Å². The van der Waals surface area contributed by atoms with Crippen LogP contribution in [0.25, 0.3) is 11.1 Å². The highest BCUT2D eigenvalue weighted by molar-refractivity contribution is 7.88. The molecule has 1 heterocycles. The summed E-state index contributed by atoms with van der Waals surface area (Å²) in [5.74, 6) is -0.573. The van der Waals surface area contributed by atoms with Gasteiger partial charge in [-0.15, -0.1) is 0 Å². The summed E-state index contributed by atoms with van der Waals surface area (Å²) in [7, 11) is -5.80. The molecule has 4 rings (SSSR count). The normalized spacial score (nSPS) is 15.2. The number of benzene rings is 3. The van der Waals surface area contributed by atoms with Crippen LogP contribution in [0.1, 0.15) is 42.1 Å². The Labute approximate surface area is 238 Å². The summed E-state index contributed by atoms with van der Waals surface area (Å²) in [6, 6.07) is 21.7. The first-order valence-electron chi connectivity index (χ1n) is 13.5. The Bertz CT molecular complexity index is 1410. The molecule has 1 N–H and O–H groups in total. The lowest BCUT2D eigenvalue weighted by Crippen LogP contribution is -2.44. The number of carbonyl (C=O) groups excluding carboxylic acids is 1. The van der Waals surface area contributed by atoms with Gasteiger partial charge in [-0.1, -0.05) is 61.5 Å². The second-order valence-corrected chi connectivity index (χ2v) is 11.4. The molecule has 0 aromatic heterocycles. The second-order valence-electron chi connectivity index (χ2n) is 9.84. The molecule has 0 radical (unpaired) electrons. The first kappa shape index (κ1) is 30.4. The molecule has 1 atom stereocenters. The van der Waals surface area contributed by atoms with Crippen molar-refractivity contribution in [2.45, 2.75) is 44.2 Å². The summed E-state index contributed by atoms with van der Waals surface area (Å²) in [6.45, 7) is 4.31. The van der Waals surface area contributed by atoms with Crippen LogP contribution >= 0.6 is 0 Å². The number of hydrogen-bond donors (Lipinski definition) is 1. The molecule has 0 saturated heterocycles. The number of alkyl halides is 3. The number of carbonyl (C=O) groups is 1. The van der Waals surface area contributed by atoms with E-state index in [0.29, 0.717) is 24.1 Å². The number of hydrogen-bond acceptors (Lipinski definition) is 6. The van der Waals surface area contributed by atoms with E-state index in [1.807, 2.05) is 54.6 Å². The van der Waals surface area contributed by atoms with Gasteiger partial charge in [0.1, 0.15) is 6.61 Å². The van der Waals surface area contributed by atoms with Crippen molar-refractivity contribution in [1.82, 2.24) is 10.2 Å². The molecule has 0 bridgehead atoms. The van der Waals surface area contributed by atoms with Gasteiger partial charge in [0.05, 0.1) is 0 Å². The zero-order valence-electron chi connectivity index (χ0n) is 22.7. The Morgan fingerprint density at radius 1 is 0.976 bits per heavy atom. The van der Waals surface area contributed by atoms with Crippen LogP contribution in [-0.4, -0.2) is 57.0 Å². The standard InChI is InChI=1S/C30H33F3N2O5S/c1-2-18-35(26-20-25-11-8-12-27(28(25)39-21-26)40-41(37,38)30(31,32)33)19-7-6-17-34-29(36)24-15-13-23(14-16-24)22-9-4-3-5-10-22/h3-5,8-16,26H,2,6-7,17-21H2,1H3,(H,34,36)/t26-/m1/s1. The zero-order chi connectivity index (χ0) is 29.5. The largest absolute Gasteiger partial charge is 0.534 e. The lowest BCUT2D eigenvalue weighted by atomic mass is 10.0. The molecule has 0 unspecified atom stereocenters. The van der Waals surface area contributed by atoms with Gasteiger partial charge >= 0.3 is 15.6 Å². The lowest BCUT2D eigenvalue weighted by Gasteiger charge is -2.35. The van der Waals surface area contributed by atoms with E-state index in [-0.39, 0.29) is 24.3 Å². The number of para-hydroxylation sites is 1. The highest BCUT2D eigenvalue weighted by Crippen LogP contribution is 2.38. The molecule has 0 fully saturated rings. The first-order valence-corrected chi connectivity index (χ1v) is 14.9. The van der Waals surface area contributed by atoms with Crippen molar-refractivity contribution in [2.24, 2.45) is 0 Å². The van der Waals surface area contributed by atoms with Crippen LogP contribution in [0.4, 0.5) is 13.2 Å². The monoisotopic (exact) mass is 590 g/mol. The molecule has 1 amide bonds. The number of nitrogens with one attached hydrogen (secondary N) is 1. The maximum atomic E-state index is 12.8. The molecule has 41 heavy (non-hydrogen) atoms. The van der Waals surface area contributed by atoms with E-state index in [1.165, 1.54) is 6.07 Å². The minimum absolute atomic E-state index is 0.0209. The van der Waals surface area contributed by atoms with E-state index in [1.54, 1.807) is 6.07 Å². The van der Waals surface area contributed by atoms with Crippen molar-refractivity contribution in [2.75, 3.05) is 26.2 Å². The highest BCUT2D eigenvalue weighted by atomic mass is 32.2. The number of unbranched alkanes of at least 4 members (excludes halogenated alkanes) is 1. The second kappa shape index (κ2) is 13.4.